The number of aryl methyl sites for hydroxylation is 1. The van der Waals surface area contributed by atoms with Crippen molar-refractivity contribution in [3.63, 3.8) is 0 Å². The molecule has 41 heavy (non-hydrogen) atoms. The fourth-order valence-corrected chi connectivity index (χ4v) is 6.55. The number of aliphatic imine (C=N–C) groups is 1. The number of hydrogen-bond donors (Lipinski definition) is 1. The van der Waals surface area contributed by atoms with E-state index >= 15 is 0 Å². The quantitative estimate of drug-likeness (QED) is 0.248. The summed E-state index contributed by atoms with van der Waals surface area (Å²) in [4.78, 5) is 12.6. The molecule has 8 heteroatoms. The van der Waals surface area contributed by atoms with Gasteiger partial charge in [0.05, 0.1) is 17.6 Å². The number of aromatic nitrogens is 6. The van der Waals surface area contributed by atoms with Gasteiger partial charge in [0.1, 0.15) is 11.7 Å². The summed E-state index contributed by atoms with van der Waals surface area (Å²) in [5, 5.41) is 14.7. The van der Waals surface area contributed by atoms with E-state index in [9.17, 15) is 0 Å². The lowest BCUT2D eigenvalue weighted by molar-refractivity contribution is 0.260. The average Bonchev–Trinajstić information content (AvgIpc) is 3.80. The van der Waals surface area contributed by atoms with Crippen molar-refractivity contribution in [3.8, 4) is 22.5 Å². The number of imidazole rings is 1. The van der Waals surface area contributed by atoms with Crippen molar-refractivity contribution in [2.24, 2.45) is 4.99 Å². The summed E-state index contributed by atoms with van der Waals surface area (Å²) in [7, 11) is 0. The zero-order valence-electron chi connectivity index (χ0n) is 23.6. The molecule has 2 aromatic heterocycles. The minimum Gasteiger partial charge on any atom is -0.352 e. The minimum absolute atomic E-state index is 0.600. The number of tetrazole rings is 1. The Labute approximate surface area is 240 Å². The molecule has 0 unspecified atom stereocenters. The molecule has 0 atom stereocenters. The number of nitrogens with one attached hydrogen (secondary N) is 1. The highest BCUT2D eigenvalue weighted by molar-refractivity contribution is 6.02. The molecule has 7 rings (SSSR count). The third-order valence-electron chi connectivity index (χ3n) is 8.57. The van der Waals surface area contributed by atoms with Crippen LogP contribution in [0.25, 0.3) is 33.5 Å². The van der Waals surface area contributed by atoms with Crippen LogP contribution in [0.1, 0.15) is 62.4 Å². The maximum absolute atomic E-state index is 5.07. The first-order valence-electron chi connectivity index (χ1n) is 15.0. The molecule has 1 N–H and O–H groups in total. The summed E-state index contributed by atoms with van der Waals surface area (Å²) in [5.74, 6) is 2.92. The normalized spacial score (nSPS) is 16.0. The number of benzene rings is 3. The van der Waals surface area contributed by atoms with Gasteiger partial charge in [-0.1, -0.05) is 74.7 Å². The maximum Gasteiger partial charge on any atom is 0.205 e. The lowest BCUT2D eigenvalue weighted by atomic mass is 9.94. The van der Waals surface area contributed by atoms with Gasteiger partial charge in [-0.3, -0.25) is 4.99 Å². The summed E-state index contributed by atoms with van der Waals surface area (Å²) < 4.78 is 2.41. The molecule has 3 heterocycles. The second-order valence-electron chi connectivity index (χ2n) is 11.2. The summed E-state index contributed by atoms with van der Waals surface area (Å²) in [6.45, 7) is 4.94. The maximum atomic E-state index is 5.07. The number of aromatic amines is 1. The van der Waals surface area contributed by atoms with Crippen LogP contribution in [0.3, 0.4) is 0 Å². The van der Waals surface area contributed by atoms with Crippen LogP contribution in [-0.2, 0) is 13.0 Å². The highest BCUT2D eigenvalue weighted by Crippen LogP contribution is 2.31. The Balaban J connectivity index is 1.20. The minimum atomic E-state index is 0.600. The van der Waals surface area contributed by atoms with Gasteiger partial charge in [0.15, 0.2) is 0 Å². The van der Waals surface area contributed by atoms with E-state index < -0.39 is 0 Å². The van der Waals surface area contributed by atoms with Crippen molar-refractivity contribution in [2.45, 2.75) is 64.5 Å². The number of rotatable bonds is 8. The monoisotopic (exact) mass is 544 g/mol. The Morgan fingerprint density at radius 2 is 1.71 bits per heavy atom. The van der Waals surface area contributed by atoms with E-state index in [1.807, 2.05) is 18.2 Å². The van der Waals surface area contributed by atoms with Crippen LogP contribution in [0, 0.1) is 0 Å². The van der Waals surface area contributed by atoms with Crippen LogP contribution in [0.5, 0.6) is 0 Å². The Morgan fingerprint density at radius 3 is 2.49 bits per heavy atom. The Morgan fingerprint density at radius 1 is 0.902 bits per heavy atom. The van der Waals surface area contributed by atoms with Gasteiger partial charge in [-0.15, -0.1) is 10.2 Å². The summed E-state index contributed by atoms with van der Waals surface area (Å²) in [6.07, 6.45) is 8.63. The SMILES string of the molecule is CCCc1nc2ccc(C3=NCCN3C3CCCCC3)cc2n1Cc1ccc(-c2ccccc2-c2nn[nH]n2)cc1. The van der Waals surface area contributed by atoms with Crippen molar-refractivity contribution in [1.82, 2.24) is 35.1 Å². The number of H-pyrrole nitrogens is 1. The molecule has 0 amide bonds. The predicted molar refractivity (Wildman–Crippen MR) is 163 cm³/mol. The van der Waals surface area contributed by atoms with E-state index in [1.54, 1.807) is 0 Å². The fourth-order valence-electron chi connectivity index (χ4n) is 6.55. The highest BCUT2D eigenvalue weighted by Gasteiger charge is 2.28. The van der Waals surface area contributed by atoms with Crippen molar-refractivity contribution in [3.05, 3.63) is 83.7 Å². The number of fused-ring (bicyclic) bond motifs is 1. The summed E-state index contributed by atoms with van der Waals surface area (Å²) in [6, 6.07) is 24.4. The molecule has 1 aliphatic heterocycles. The van der Waals surface area contributed by atoms with E-state index in [0.717, 1.165) is 60.5 Å². The predicted octanol–water partition coefficient (Wildman–Crippen LogP) is 6.28. The fraction of sp³-hybridized carbons (Fsp3) is 0.364. The molecule has 0 spiro atoms. The van der Waals surface area contributed by atoms with Crippen LogP contribution in [-0.4, -0.2) is 60.0 Å². The van der Waals surface area contributed by atoms with Gasteiger partial charge in [0.25, 0.3) is 0 Å². The third kappa shape index (κ3) is 5.03. The van der Waals surface area contributed by atoms with Gasteiger partial charge >= 0.3 is 0 Å². The van der Waals surface area contributed by atoms with Gasteiger partial charge in [0.2, 0.25) is 5.82 Å². The number of amidine groups is 1. The lowest BCUT2D eigenvalue weighted by Gasteiger charge is -2.33. The van der Waals surface area contributed by atoms with Crippen LogP contribution in [0.15, 0.2) is 71.7 Å². The van der Waals surface area contributed by atoms with E-state index in [2.05, 4.69) is 85.5 Å². The summed E-state index contributed by atoms with van der Waals surface area (Å²) >= 11 is 0. The van der Waals surface area contributed by atoms with Gasteiger partial charge in [-0.2, -0.15) is 5.21 Å². The summed E-state index contributed by atoms with van der Waals surface area (Å²) in [5.41, 5.74) is 7.89. The highest BCUT2D eigenvalue weighted by atomic mass is 15.5. The second kappa shape index (κ2) is 11.3. The molecule has 8 nitrogen and oxygen atoms in total. The van der Waals surface area contributed by atoms with Gasteiger partial charge in [0, 0.05) is 36.7 Å². The van der Waals surface area contributed by atoms with Gasteiger partial charge in [-0.05, 0) is 59.4 Å². The van der Waals surface area contributed by atoms with E-state index in [-0.39, 0.29) is 0 Å². The topological polar surface area (TPSA) is 87.9 Å². The van der Waals surface area contributed by atoms with Crippen molar-refractivity contribution in [1.29, 1.82) is 0 Å². The average molecular weight is 545 g/mol. The molecule has 2 aliphatic rings. The molecule has 0 bridgehead atoms. The third-order valence-corrected chi connectivity index (χ3v) is 8.57. The van der Waals surface area contributed by atoms with E-state index in [1.165, 1.54) is 54.6 Å². The number of nitrogens with zero attached hydrogens (tertiary/aromatic N) is 7. The molecule has 1 saturated carbocycles. The first kappa shape index (κ1) is 25.6. The Kier molecular flexibility index (Phi) is 7.05. The van der Waals surface area contributed by atoms with Crippen LogP contribution in [0.2, 0.25) is 0 Å². The standard InChI is InChI=1S/C33H36N8/c1-2-8-31-35-29-18-17-25(33-34-19-20-40(33)26-9-4-3-5-10-26)21-30(29)41(31)22-23-13-15-24(16-14-23)27-11-6-7-12-28(27)32-36-38-39-37-32/h6-7,11-18,21,26H,2-5,8-10,19-20,22H2,1H3,(H,36,37,38,39). The molecule has 1 fully saturated rings. The first-order valence-corrected chi connectivity index (χ1v) is 15.0. The molecular weight excluding hydrogens is 508 g/mol. The largest absolute Gasteiger partial charge is 0.352 e. The van der Waals surface area contributed by atoms with Crippen molar-refractivity contribution in [2.75, 3.05) is 13.1 Å². The lowest BCUT2D eigenvalue weighted by Crippen LogP contribution is -2.39. The van der Waals surface area contributed by atoms with Crippen molar-refractivity contribution >= 4 is 16.9 Å². The van der Waals surface area contributed by atoms with Crippen molar-refractivity contribution < 1.29 is 0 Å². The smallest absolute Gasteiger partial charge is 0.205 e. The zero-order valence-corrected chi connectivity index (χ0v) is 23.6. The van der Waals surface area contributed by atoms with Gasteiger partial charge in [-0.25, -0.2) is 4.98 Å². The Bertz CT molecular complexity index is 1660. The van der Waals surface area contributed by atoms with Gasteiger partial charge < -0.3 is 9.47 Å². The van der Waals surface area contributed by atoms with Crippen LogP contribution >= 0.6 is 0 Å². The van der Waals surface area contributed by atoms with Crippen LogP contribution in [0.4, 0.5) is 0 Å². The molecule has 0 radical (unpaired) electrons. The molecule has 0 saturated heterocycles. The van der Waals surface area contributed by atoms with E-state index in [0.29, 0.717) is 11.9 Å². The molecule has 1 aliphatic carbocycles. The number of hydrogen-bond acceptors (Lipinski definition) is 6. The Hall–Kier alpha value is -4.33. The second-order valence-corrected chi connectivity index (χ2v) is 11.2. The van der Waals surface area contributed by atoms with Crippen LogP contribution < -0.4 is 0 Å². The molecule has 208 valence electrons. The molecule has 3 aromatic carbocycles. The molecular formula is C33H36N8. The zero-order chi connectivity index (χ0) is 27.6. The molecule has 5 aromatic rings. The first-order chi connectivity index (χ1) is 20.3. The van der Waals surface area contributed by atoms with E-state index in [4.69, 9.17) is 9.98 Å².